The summed E-state index contributed by atoms with van der Waals surface area (Å²) in [6.45, 7) is 2.50. The molecule has 0 radical (unpaired) electrons. The topological polar surface area (TPSA) is 92.2 Å². The van der Waals surface area contributed by atoms with Crippen LogP contribution in [-0.2, 0) is 4.79 Å². The van der Waals surface area contributed by atoms with Gasteiger partial charge in [0.2, 0.25) is 0 Å². The summed E-state index contributed by atoms with van der Waals surface area (Å²) in [5.74, 6) is -0.797. The smallest absolute Gasteiger partial charge is 0.303 e. The molecule has 1 unspecified atom stereocenters. The standard InChI is InChI=1S/C13H18ClN3O3/c1-2-9(3-4-12(18)19)5-6-15-13(20)10-7-17-11(14)8-16-10/h7-9H,2-6H2,1H3,(H,15,20)(H,18,19). The van der Waals surface area contributed by atoms with Crippen LogP contribution in [0, 0.1) is 5.92 Å². The van der Waals surface area contributed by atoms with E-state index in [2.05, 4.69) is 15.3 Å². The molecule has 110 valence electrons. The molecule has 0 saturated carbocycles. The van der Waals surface area contributed by atoms with Crippen LogP contribution in [0.3, 0.4) is 0 Å². The summed E-state index contributed by atoms with van der Waals surface area (Å²) in [6, 6.07) is 0. The van der Waals surface area contributed by atoms with E-state index in [1.807, 2.05) is 6.92 Å². The summed E-state index contributed by atoms with van der Waals surface area (Å²) in [5, 5.41) is 11.6. The zero-order chi connectivity index (χ0) is 15.0. The largest absolute Gasteiger partial charge is 0.481 e. The predicted molar refractivity (Wildman–Crippen MR) is 74.6 cm³/mol. The Bertz CT molecular complexity index is 451. The number of carbonyl (C=O) groups excluding carboxylic acids is 1. The molecule has 0 spiro atoms. The Morgan fingerprint density at radius 2 is 2.10 bits per heavy atom. The SMILES string of the molecule is CCC(CCNC(=O)c1cnc(Cl)cn1)CCC(=O)O. The maximum Gasteiger partial charge on any atom is 0.303 e. The molecule has 1 aromatic heterocycles. The number of hydrogen-bond acceptors (Lipinski definition) is 4. The number of halogens is 1. The molecular weight excluding hydrogens is 282 g/mol. The molecule has 1 atom stereocenters. The number of hydrogen-bond donors (Lipinski definition) is 2. The predicted octanol–water partition coefficient (Wildman–Crippen LogP) is 2.14. The third-order valence-corrected chi connectivity index (χ3v) is 3.23. The zero-order valence-corrected chi connectivity index (χ0v) is 12.1. The third-order valence-electron chi connectivity index (χ3n) is 3.03. The summed E-state index contributed by atoms with van der Waals surface area (Å²) >= 11 is 5.59. The van der Waals surface area contributed by atoms with E-state index in [1.54, 1.807) is 0 Å². The van der Waals surface area contributed by atoms with Crippen LogP contribution in [0.2, 0.25) is 5.15 Å². The first-order chi connectivity index (χ1) is 9.52. The summed E-state index contributed by atoms with van der Waals surface area (Å²) in [4.78, 5) is 29.9. The van der Waals surface area contributed by atoms with Gasteiger partial charge in [0.15, 0.2) is 0 Å². The first kappa shape index (κ1) is 16.4. The highest BCUT2D eigenvalue weighted by atomic mass is 35.5. The number of carboxylic acid groups (broad SMARTS) is 1. The molecule has 20 heavy (non-hydrogen) atoms. The Balaban J connectivity index is 2.33. The number of nitrogens with zero attached hydrogens (tertiary/aromatic N) is 2. The van der Waals surface area contributed by atoms with Gasteiger partial charge in [-0.2, -0.15) is 0 Å². The minimum atomic E-state index is -0.788. The van der Waals surface area contributed by atoms with Crippen LogP contribution in [0.15, 0.2) is 12.4 Å². The Morgan fingerprint density at radius 3 is 2.65 bits per heavy atom. The normalized spacial score (nSPS) is 11.9. The second-order valence-corrected chi connectivity index (χ2v) is 4.86. The highest BCUT2D eigenvalue weighted by Gasteiger charge is 2.11. The van der Waals surface area contributed by atoms with Crippen molar-refractivity contribution in [1.29, 1.82) is 0 Å². The van der Waals surface area contributed by atoms with Crippen LogP contribution < -0.4 is 5.32 Å². The molecule has 6 nitrogen and oxygen atoms in total. The van der Waals surface area contributed by atoms with Crippen molar-refractivity contribution in [2.24, 2.45) is 5.92 Å². The van der Waals surface area contributed by atoms with Crippen molar-refractivity contribution < 1.29 is 14.7 Å². The fourth-order valence-corrected chi connectivity index (χ4v) is 1.89. The lowest BCUT2D eigenvalue weighted by atomic mass is 9.96. The van der Waals surface area contributed by atoms with E-state index in [-0.39, 0.29) is 23.2 Å². The first-order valence-corrected chi connectivity index (χ1v) is 6.88. The second kappa shape index (κ2) is 8.47. The first-order valence-electron chi connectivity index (χ1n) is 6.50. The van der Waals surface area contributed by atoms with E-state index in [9.17, 15) is 9.59 Å². The van der Waals surface area contributed by atoms with Crippen LogP contribution >= 0.6 is 11.6 Å². The van der Waals surface area contributed by atoms with Crippen molar-refractivity contribution in [3.63, 3.8) is 0 Å². The summed E-state index contributed by atoms with van der Waals surface area (Å²) in [7, 11) is 0. The molecule has 0 bridgehead atoms. The molecule has 7 heteroatoms. The van der Waals surface area contributed by atoms with Crippen LogP contribution in [0.1, 0.15) is 43.1 Å². The van der Waals surface area contributed by atoms with Crippen LogP contribution in [0.25, 0.3) is 0 Å². The monoisotopic (exact) mass is 299 g/mol. The van der Waals surface area contributed by atoms with Gasteiger partial charge < -0.3 is 10.4 Å². The van der Waals surface area contributed by atoms with Crippen molar-refractivity contribution in [3.8, 4) is 0 Å². The minimum Gasteiger partial charge on any atom is -0.481 e. The van der Waals surface area contributed by atoms with Gasteiger partial charge in [0.05, 0.1) is 12.4 Å². The maximum atomic E-state index is 11.7. The van der Waals surface area contributed by atoms with Gasteiger partial charge in [-0.25, -0.2) is 9.97 Å². The minimum absolute atomic E-state index is 0.162. The lowest BCUT2D eigenvalue weighted by Gasteiger charge is -2.13. The maximum absolute atomic E-state index is 11.7. The highest BCUT2D eigenvalue weighted by molar-refractivity contribution is 6.29. The molecule has 0 saturated heterocycles. The molecule has 0 aliphatic heterocycles. The van der Waals surface area contributed by atoms with Crippen molar-refractivity contribution in [2.45, 2.75) is 32.6 Å². The fraction of sp³-hybridized carbons (Fsp3) is 0.538. The van der Waals surface area contributed by atoms with E-state index >= 15 is 0 Å². The van der Waals surface area contributed by atoms with Crippen molar-refractivity contribution >= 4 is 23.5 Å². The van der Waals surface area contributed by atoms with Crippen LogP contribution in [0.5, 0.6) is 0 Å². The van der Waals surface area contributed by atoms with Crippen molar-refractivity contribution in [3.05, 3.63) is 23.2 Å². The zero-order valence-electron chi connectivity index (χ0n) is 11.3. The molecular formula is C13H18ClN3O3. The summed E-state index contributed by atoms with van der Waals surface area (Å²) in [5.41, 5.74) is 0.216. The van der Waals surface area contributed by atoms with Gasteiger partial charge in [-0.1, -0.05) is 24.9 Å². The number of aromatic nitrogens is 2. The fourth-order valence-electron chi connectivity index (χ4n) is 1.79. The molecule has 1 amide bonds. The molecule has 0 aromatic carbocycles. The van der Waals surface area contributed by atoms with Crippen molar-refractivity contribution in [2.75, 3.05) is 6.54 Å². The summed E-state index contributed by atoms with van der Waals surface area (Å²) < 4.78 is 0. The molecule has 0 fully saturated rings. The Labute approximate surface area is 122 Å². The van der Waals surface area contributed by atoms with Gasteiger partial charge in [0, 0.05) is 13.0 Å². The Hall–Kier alpha value is -1.69. The van der Waals surface area contributed by atoms with E-state index in [0.29, 0.717) is 18.9 Å². The molecule has 0 aliphatic carbocycles. The quantitative estimate of drug-likeness (QED) is 0.767. The molecule has 1 rings (SSSR count). The van der Waals surface area contributed by atoms with Gasteiger partial charge in [-0.05, 0) is 18.8 Å². The van der Waals surface area contributed by atoms with E-state index in [1.165, 1.54) is 12.4 Å². The number of carbonyl (C=O) groups is 2. The van der Waals surface area contributed by atoms with Gasteiger partial charge in [-0.3, -0.25) is 9.59 Å². The van der Waals surface area contributed by atoms with Gasteiger partial charge >= 0.3 is 5.97 Å². The molecule has 2 N–H and O–H groups in total. The van der Waals surface area contributed by atoms with Crippen LogP contribution in [-0.4, -0.2) is 33.5 Å². The highest BCUT2D eigenvalue weighted by Crippen LogP contribution is 2.14. The molecule has 1 aromatic rings. The summed E-state index contributed by atoms with van der Waals surface area (Å²) in [6.07, 6.45) is 5.07. The van der Waals surface area contributed by atoms with Gasteiger partial charge in [0.1, 0.15) is 10.8 Å². The average Bonchev–Trinajstić information content (AvgIpc) is 2.42. The number of aliphatic carboxylic acids is 1. The number of carboxylic acids is 1. The number of nitrogens with one attached hydrogen (secondary N) is 1. The second-order valence-electron chi connectivity index (χ2n) is 4.48. The molecule has 0 aliphatic rings. The lowest BCUT2D eigenvalue weighted by molar-refractivity contribution is -0.137. The Kier molecular flexibility index (Phi) is 6.93. The average molecular weight is 300 g/mol. The third kappa shape index (κ3) is 5.97. The lowest BCUT2D eigenvalue weighted by Crippen LogP contribution is -2.27. The van der Waals surface area contributed by atoms with E-state index in [0.717, 1.165) is 12.8 Å². The van der Waals surface area contributed by atoms with E-state index in [4.69, 9.17) is 16.7 Å². The van der Waals surface area contributed by atoms with Gasteiger partial charge in [-0.15, -0.1) is 0 Å². The number of rotatable bonds is 8. The number of amides is 1. The molecule has 1 heterocycles. The Morgan fingerprint density at radius 1 is 1.35 bits per heavy atom. The van der Waals surface area contributed by atoms with Crippen LogP contribution in [0.4, 0.5) is 0 Å². The van der Waals surface area contributed by atoms with Gasteiger partial charge in [0.25, 0.3) is 5.91 Å². The van der Waals surface area contributed by atoms with E-state index < -0.39 is 5.97 Å². The van der Waals surface area contributed by atoms with Crippen molar-refractivity contribution in [1.82, 2.24) is 15.3 Å².